The second-order valence-electron chi connectivity index (χ2n) is 6.79. The Morgan fingerprint density at radius 3 is 2.27 bits per heavy atom. The molecule has 0 radical (unpaired) electrons. The summed E-state index contributed by atoms with van der Waals surface area (Å²) in [6.07, 6.45) is 0. The maximum absolute atomic E-state index is 12.9. The Labute approximate surface area is 158 Å². The second kappa shape index (κ2) is 7.64. The maximum Gasteiger partial charge on any atom is 0.307 e. The van der Waals surface area contributed by atoms with Crippen LogP contribution in [0, 0.1) is 20.8 Å². The molecule has 0 amide bonds. The molecule has 26 heavy (non-hydrogen) atoms. The highest BCUT2D eigenvalue weighted by Gasteiger charge is 2.28. The molecule has 0 saturated carbocycles. The van der Waals surface area contributed by atoms with Gasteiger partial charge in [0.1, 0.15) is 0 Å². The molecule has 1 aromatic heterocycles. The summed E-state index contributed by atoms with van der Waals surface area (Å²) in [5.41, 5.74) is 3.06. The third kappa shape index (κ3) is 3.93. The molecule has 1 aliphatic heterocycles. The van der Waals surface area contributed by atoms with Crippen LogP contribution in [0.15, 0.2) is 33.3 Å². The number of hydrogen-bond acceptors (Lipinski definition) is 5. The SMILES string of the molecule is Cc1ccc(S(=O)(=O)N2CCN(CCn3c(C)csc3=O)CC2)cc1C. The first-order valence-corrected chi connectivity index (χ1v) is 11.1. The molecule has 8 heteroatoms. The Morgan fingerprint density at radius 2 is 1.69 bits per heavy atom. The van der Waals surface area contributed by atoms with E-state index in [1.54, 1.807) is 21.0 Å². The molecule has 1 aliphatic rings. The van der Waals surface area contributed by atoms with Crippen LogP contribution in [-0.2, 0) is 16.6 Å². The molecule has 3 rings (SSSR count). The molecule has 1 fully saturated rings. The van der Waals surface area contributed by atoms with Gasteiger partial charge in [0.25, 0.3) is 0 Å². The van der Waals surface area contributed by atoms with Crippen molar-refractivity contribution in [1.29, 1.82) is 0 Å². The predicted molar refractivity (Wildman–Crippen MR) is 104 cm³/mol. The van der Waals surface area contributed by atoms with Crippen LogP contribution in [0.2, 0.25) is 0 Å². The minimum Gasteiger partial charge on any atom is -0.302 e. The number of nitrogens with zero attached hydrogens (tertiary/aromatic N) is 3. The van der Waals surface area contributed by atoms with Gasteiger partial charge in [-0.3, -0.25) is 9.69 Å². The number of sulfonamides is 1. The summed E-state index contributed by atoms with van der Waals surface area (Å²) in [5.74, 6) is 0. The Bertz CT molecular complexity index is 939. The van der Waals surface area contributed by atoms with E-state index in [1.165, 1.54) is 11.3 Å². The van der Waals surface area contributed by atoms with Gasteiger partial charge in [-0.2, -0.15) is 4.31 Å². The summed E-state index contributed by atoms with van der Waals surface area (Å²) in [6.45, 7) is 9.58. The van der Waals surface area contributed by atoms with Crippen molar-refractivity contribution in [3.8, 4) is 0 Å². The highest BCUT2D eigenvalue weighted by molar-refractivity contribution is 7.89. The van der Waals surface area contributed by atoms with Gasteiger partial charge in [-0.1, -0.05) is 17.4 Å². The zero-order valence-electron chi connectivity index (χ0n) is 15.4. The molecular formula is C18H25N3O3S2. The number of hydrogen-bond donors (Lipinski definition) is 0. The van der Waals surface area contributed by atoms with E-state index in [2.05, 4.69) is 4.90 Å². The van der Waals surface area contributed by atoms with Gasteiger partial charge in [0, 0.05) is 50.3 Å². The standard InChI is InChI=1S/C18H25N3O3S2/c1-14-4-5-17(12-15(14)2)26(23,24)20-9-6-19(7-10-20)8-11-21-16(3)13-25-18(21)22/h4-5,12-13H,6-11H2,1-3H3. The molecule has 0 N–H and O–H groups in total. The molecule has 0 aliphatic carbocycles. The van der Waals surface area contributed by atoms with E-state index in [9.17, 15) is 13.2 Å². The number of aryl methyl sites for hydroxylation is 3. The van der Waals surface area contributed by atoms with Gasteiger partial charge in [-0.05, 0) is 44.0 Å². The van der Waals surface area contributed by atoms with E-state index >= 15 is 0 Å². The first kappa shape index (κ1) is 19.3. The molecule has 2 heterocycles. The van der Waals surface area contributed by atoms with Gasteiger partial charge in [-0.15, -0.1) is 0 Å². The third-order valence-electron chi connectivity index (χ3n) is 5.06. The highest BCUT2D eigenvalue weighted by Crippen LogP contribution is 2.20. The number of piperazine rings is 1. The minimum atomic E-state index is -3.44. The zero-order chi connectivity index (χ0) is 18.9. The first-order chi connectivity index (χ1) is 12.3. The minimum absolute atomic E-state index is 0.0680. The van der Waals surface area contributed by atoms with E-state index < -0.39 is 10.0 Å². The van der Waals surface area contributed by atoms with Crippen LogP contribution in [0.4, 0.5) is 0 Å². The van der Waals surface area contributed by atoms with E-state index in [-0.39, 0.29) is 4.87 Å². The van der Waals surface area contributed by atoms with Gasteiger partial charge >= 0.3 is 4.87 Å². The summed E-state index contributed by atoms with van der Waals surface area (Å²) in [6, 6.07) is 5.30. The van der Waals surface area contributed by atoms with Crippen molar-refractivity contribution in [2.45, 2.75) is 32.2 Å². The Hall–Kier alpha value is -1.48. The molecule has 0 atom stereocenters. The maximum atomic E-state index is 12.9. The zero-order valence-corrected chi connectivity index (χ0v) is 17.1. The fourth-order valence-electron chi connectivity index (χ4n) is 3.13. The lowest BCUT2D eigenvalue weighted by Crippen LogP contribution is -2.49. The van der Waals surface area contributed by atoms with Crippen molar-refractivity contribution in [2.24, 2.45) is 0 Å². The van der Waals surface area contributed by atoms with Crippen molar-refractivity contribution < 1.29 is 8.42 Å². The van der Waals surface area contributed by atoms with E-state index in [4.69, 9.17) is 0 Å². The van der Waals surface area contributed by atoms with Crippen LogP contribution in [0.3, 0.4) is 0 Å². The van der Waals surface area contributed by atoms with Crippen molar-refractivity contribution in [3.05, 3.63) is 50.1 Å². The molecule has 2 aromatic rings. The van der Waals surface area contributed by atoms with E-state index in [0.717, 1.165) is 23.4 Å². The lowest BCUT2D eigenvalue weighted by Gasteiger charge is -2.34. The van der Waals surface area contributed by atoms with Crippen molar-refractivity contribution in [2.75, 3.05) is 32.7 Å². The molecular weight excluding hydrogens is 370 g/mol. The summed E-state index contributed by atoms with van der Waals surface area (Å²) >= 11 is 1.22. The van der Waals surface area contributed by atoms with Crippen LogP contribution in [0.1, 0.15) is 16.8 Å². The van der Waals surface area contributed by atoms with Crippen LogP contribution in [0.25, 0.3) is 0 Å². The molecule has 0 spiro atoms. The normalized spacial score (nSPS) is 16.9. The topological polar surface area (TPSA) is 62.6 Å². The first-order valence-electron chi connectivity index (χ1n) is 8.74. The van der Waals surface area contributed by atoms with Gasteiger partial charge < -0.3 is 4.57 Å². The van der Waals surface area contributed by atoms with Crippen LogP contribution in [-0.4, -0.2) is 54.9 Å². The van der Waals surface area contributed by atoms with Crippen molar-refractivity contribution >= 4 is 21.4 Å². The molecule has 1 aromatic carbocycles. The largest absolute Gasteiger partial charge is 0.307 e. The summed E-state index contributed by atoms with van der Waals surface area (Å²) < 4.78 is 29.1. The lowest BCUT2D eigenvalue weighted by atomic mass is 10.1. The number of rotatable bonds is 5. The van der Waals surface area contributed by atoms with Gasteiger partial charge in [0.2, 0.25) is 10.0 Å². The molecule has 142 valence electrons. The molecule has 1 saturated heterocycles. The summed E-state index contributed by atoms with van der Waals surface area (Å²) in [4.78, 5) is 14.4. The smallest absolute Gasteiger partial charge is 0.302 e. The average molecular weight is 396 g/mol. The summed E-state index contributed by atoms with van der Waals surface area (Å²) in [5, 5.41) is 1.87. The Morgan fingerprint density at radius 1 is 1.00 bits per heavy atom. The van der Waals surface area contributed by atoms with Crippen LogP contribution >= 0.6 is 11.3 Å². The van der Waals surface area contributed by atoms with Gasteiger partial charge in [-0.25, -0.2) is 8.42 Å². The van der Waals surface area contributed by atoms with Crippen molar-refractivity contribution in [3.63, 3.8) is 0 Å². The number of aromatic nitrogens is 1. The van der Waals surface area contributed by atoms with E-state index in [1.807, 2.05) is 32.2 Å². The number of thiazole rings is 1. The lowest BCUT2D eigenvalue weighted by molar-refractivity contribution is 0.182. The van der Waals surface area contributed by atoms with Crippen molar-refractivity contribution in [1.82, 2.24) is 13.8 Å². The fourth-order valence-corrected chi connectivity index (χ4v) is 5.40. The van der Waals surface area contributed by atoms with E-state index in [0.29, 0.717) is 37.6 Å². The number of benzene rings is 1. The monoisotopic (exact) mass is 395 g/mol. The summed E-state index contributed by atoms with van der Waals surface area (Å²) in [7, 11) is -3.44. The van der Waals surface area contributed by atoms with Gasteiger partial charge in [0.15, 0.2) is 0 Å². The predicted octanol–water partition coefficient (Wildman–Crippen LogP) is 1.84. The van der Waals surface area contributed by atoms with Crippen LogP contribution < -0.4 is 4.87 Å². The fraction of sp³-hybridized carbons (Fsp3) is 0.500. The third-order valence-corrected chi connectivity index (χ3v) is 7.84. The molecule has 0 bridgehead atoms. The van der Waals surface area contributed by atoms with Crippen LogP contribution in [0.5, 0.6) is 0 Å². The molecule has 6 nitrogen and oxygen atoms in total. The molecule has 0 unspecified atom stereocenters. The second-order valence-corrected chi connectivity index (χ2v) is 9.55. The Balaban J connectivity index is 1.60. The quantitative estimate of drug-likeness (QED) is 0.775. The average Bonchev–Trinajstić information content (AvgIpc) is 2.94. The van der Waals surface area contributed by atoms with Gasteiger partial charge in [0.05, 0.1) is 4.90 Å². The Kier molecular flexibility index (Phi) is 5.67. The highest BCUT2D eigenvalue weighted by atomic mass is 32.2.